The smallest absolute Gasteiger partial charge is 0.150 e. The fourth-order valence-electron chi connectivity index (χ4n) is 1.63. The van der Waals surface area contributed by atoms with Gasteiger partial charge in [-0.15, -0.1) is 0 Å². The van der Waals surface area contributed by atoms with Crippen molar-refractivity contribution >= 4 is 11.9 Å². The average molecular weight is 231 g/mol. The van der Waals surface area contributed by atoms with Crippen LogP contribution in [0.1, 0.15) is 25.8 Å². The summed E-state index contributed by atoms with van der Waals surface area (Å²) in [5.41, 5.74) is 0.753. The second kappa shape index (κ2) is 5.78. The number of rotatable bonds is 5. The molecule has 1 rings (SSSR count). The Morgan fingerprint density at radius 1 is 1.29 bits per heavy atom. The average Bonchev–Trinajstić information content (AvgIpc) is 2.29. The van der Waals surface area contributed by atoms with E-state index < -0.39 is 5.54 Å². The lowest BCUT2D eigenvalue weighted by Gasteiger charge is -2.33. The third-order valence-corrected chi connectivity index (χ3v) is 3.37. The molecule has 1 unspecified atom stereocenters. The molecule has 2 heteroatoms. The minimum absolute atomic E-state index is 0.195. The Morgan fingerprint density at radius 2 is 1.88 bits per heavy atom. The molecule has 0 bridgehead atoms. The topological polar surface area (TPSA) is 20.3 Å². The maximum atomic E-state index is 11.7. The Hall–Kier alpha value is -1.41. The van der Waals surface area contributed by atoms with Crippen LogP contribution in [-0.2, 0) is 4.79 Å². The Labute approximate surface area is 104 Å². The maximum Gasteiger partial charge on any atom is 0.150 e. The second-order valence-electron chi connectivity index (χ2n) is 4.74. The van der Waals surface area contributed by atoms with Gasteiger partial charge in [0, 0.05) is 0 Å². The van der Waals surface area contributed by atoms with Crippen LogP contribution in [0.5, 0.6) is 0 Å². The standard InChI is InChI=1S/C15H21NO/c1-13(17)15(2,16(3)4)12-8-11-14-9-6-5-7-10-14/h5-11H,12H2,1-4H3/b11-8+. The highest BCUT2D eigenvalue weighted by molar-refractivity contribution is 5.85. The van der Waals surface area contributed by atoms with E-state index in [0.29, 0.717) is 0 Å². The number of nitrogens with zero attached hydrogens (tertiary/aromatic N) is 1. The van der Waals surface area contributed by atoms with Crippen LogP contribution in [-0.4, -0.2) is 30.3 Å². The molecule has 2 nitrogen and oxygen atoms in total. The zero-order valence-corrected chi connectivity index (χ0v) is 11.1. The molecule has 1 aromatic carbocycles. The van der Waals surface area contributed by atoms with Gasteiger partial charge in [0.05, 0.1) is 5.54 Å². The fraction of sp³-hybridized carbons (Fsp3) is 0.400. The van der Waals surface area contributed by atoms with E-state index in [-0.39, 0.29) is 5.78 Å². The van der Waals surface area contributed by atoms with Gasteiger partial charge >= 0.3 is 0 Å². The molecule has 0 saturated carbocycles. The molecular weight excluding hydrogens is 210 g/mol. The first kappa shape index (κ1) is 13.7. The third-order valence-electron chi connectivity index (χ3n) is 3.37. The lowest BCUT2D eigenvalue weighted by molar-refractivity contribution is -0.126. The van der Waals surface area contributed by atoms with Gasteiger partial charge in [0.25, 0.3) is 0 Å². The van der Waals surface area contributed by atoms with E-state index in [4.69, 9.17) is 0 Å². The van der Waals surface area contributed by atoms with Crippen molar-refractivity contribution in [1.82, 2.24) is 4.90 Å². The Kier molecular flexibility index (Phi) is 4.64. The molecular formula is C15H21NO. The molecule has 92 valence electrons. The lowest BCUT2D eigenvalue weighted by atomic mass is 9.91. The van der Waals surface area contributed by atoms with Crippen LogP contribution in [0, 0.1) is 0 Å². The molecule has 1 atom stereocenters. The predicted octanol–water partition coefficient (Wildman–Crippen LogP) is 3.00. The normalized spacial score (nSPS) is 15.1. The van der Waals surface area contributed by atoms with Gasteiger partial charge in [-0.3, -0.25) is 9.69 Å². The molecule has 17 heavy (non-hydrogen) atoms. The van der Waals surface area contributed by atoms with Gasteiger partial charge in [0.2, 0.25) is 0 Å². The number of carbonyl (C=O) groups is 1. The van der Waals surface area contributed by atoms with E-state index in [0.717, 1.165) is 12.0 Å². The summed E-state index contributed by atoms with van der Waals surface area (Å²) >= 11 is 0. The Morgan fingerprint density at radius 3 is 2.35 bits per heavy atom. The number of carbonyl (C=O) groups excluding carboxylic acids is 1. The summed E-state index contributed by atoms with van der Waals surface area (Å²) in [6.45, 7) is 3.63. The highest BCUT2D eigenvalue weighted by Crippen LogP contribution is 2.19. The van der Waals surface area contributed by atoms with Gasteiger partial charge in [-0.05, 0) is 39.9 Å². The van der Waals surface area contributed by atoms with Crippen molar-refractivity contribution in [2.24, 2.45) is 0 Å². The molecule has 1 aromatic rings. The minimum Gasteiger partial charge on any atom is -0.298 e. The summed E-state index contributed by atoms with van der Waals surface area (Å²) in [5.74, 6) is 0.195. The number of ketones is 1. The summed E-state index contributed by atoms with van der Waals surface area (Å²) < 4.78 is 0. The van der Waals surface area contributed by atoms with Gasteiger partial charge in [0.15, 0.2) is 0 Å². The van der Waals surface area contributed by atoms with Crippen molar-refractivity contribution in [3.63, 3.8) is 0 Å². The van der Waals surface area contributed by atoms with Crippen LogP contribution >= 0.6 is 0 Å². The number of hydrogen-bond acceptors (Lipinski definition) is 2. The van der Waals surface area contributed by atoms with Gasteiger partial charge in [-0.1, -0.05) is 42.5 Å². The monoisotopic (exact) mass is 231 g/mol. The molecule has 0 radical (unpaired) electrons. The van der Waals surface area contributed by atoms with Crippen LogP contribution in [0.15, 0.2) is 36.4 Å². The Balaban J connectivity index is 2.72. The van der Waals surface area contributed by atoms with E-state index in [9.17, 15) is 4.79 Å². The van der Waals surface area contributed by atoms with E-state index in [2.05, 4.69) is 24.3 Å². The molecule has 0 heterocycles. The highest BCUT2D eigenvalue weighted by atomic mass is 16.1. The van der Waals surface area contributed by atoms with Crippen LogP contribution < -0.4 is 0 Å². The lowest BCUT2D eigenvalue weighted by Crippen LogP contribution is -2.46. The van der Waals surface area contributed by atoms with Crippen LogP contribution in [0.3, 0.4) is 0 Å². The largest absolute Gasteiger partial charge is 0.298 e. The molecule has 0 N–H and O–H groups in total. The van der Waals surface area contributed by atoms with Gasteiger partial charge < -0.3 is 0 Å². The van der Waals surface area contributed by atoms with Crippen LogP contribution in [0.4, 0.5) is 0 Å². The number of likely N-dealkylation sites (N-methyl/N-ethyl adjacent to an activating group) is 1. The van der Waals surface area contributed by atoms with Gasteiger partial charge in [-0.25, -0.2) is 0 Å². The first-order chi connectivity index (χ1) is 7.97. The molecule has 0 aliphatic rings. The van der Waals surface area contributed by atoms with Crippen molar-refractivity contribution < 1.29 is 4.79 Å². The molecule has 0 aliphatic carbocycles. The molecule has 0 amide bonds. The summed E-state index contributed by atoms with van der Waals surface area (Å²) in [4.78, 5) is 13.7. The second-order valence-corrected chi connectivity index (χ2v) is 4.74. The van der Waals surface area contributed by atoms with Crippen molar-refractivity contribution in [3.8, 4) is 0 Å². The first-order valence-electron chi connectivity index (χ1n) is 5.87. The van der Waals surface area contributed by atoms with Gasteiger partial charge in [-0.2, -0.15) is 0 Å². The summed E-state index contributed by atoms with van der Waals surface area (Å²) in [5, 5.41) is 0. The third kappa shape index (κ3) is 3.53. The van der Waals surface area contributed by atoms with Crippen molar-refractivity contribution in [2.45, 2.75) is 25.8 Å². The van der Waals surface area contributed by atoms with E-state index >= 15 is 0 Å². The summed E-state index contributed by atoms with van der Waals surface area (Å²) in [6.07, 6.45) is 4.85. The van der Waals surface area contributed by atoms with E-state index in [1.165, 1.54) is 0 Å². The van der Waals surface area contributed by atoms with E-state index in [1.807, 2.05) is 44.1 Å². The quantitative estimate of drug-likeness (QED) is 0.776. The first-order valence-corrected chi connectivity index (χ1v) is 5.87. The molecule has 0 spiro atoms. The van der Waals surface area contributed by atoms with Crippen LogP contribution in [0.25, 0.3) is 6.08 Å². The Bertz CT molecular complexity index is 395. The minimum atomic E-state index is -0.411. The summed E-state index contributed by atoms with van der Waals surface area (Å²) in [6, 6.07) is 10.1. The SMILES string of the molecule is CC(=O)C(C)(C/C=C/c1ccccc1)N(C)C. The van der Waals surface area contributed by atoms with Gasteiger partial charge in [0.1, 0.15) is 5.78 Å². The maximum absolute atomic E-state index is 11.7. The number of hydrogen-bond donors (Lipinski definition) is 0. The zero-order valence-electron chi connectivity index (χ0n) is 11.1. The fourth-order valence-corrected chi connectivity index (χ4v) is 1.63. The zero-order chi connectivity index (χ0) is 12.9. The molecule has 0 saturated heterocycles. The molecule has 0 aliphatic heterocycles. The molecule has 0 fully saturated rings. The van der Waals surface area contributed by atoms with Crippen molar-refractivity contribution in [3.05, 3.63) is 42.0 Å². The predicted molar refractivity (Wildman–Crippen MR) is 72.9 cm³/mol. The number of benzene rings is 1. The van der Waals surface area contributed by atoms with Crippen LogP contribution in [0.2, 0.25) is 0 Å². The summed E-state index contributed by atoms with van der Waals surface area (Å²) in [7, 11) is 3.88. The number of Topliss-reactive ketones (excluding diaryl/α,β-unsaturated/α-hetero) is 1. The highest BCUT2D eigenvalue weighted by Gasteiger charge is 2.30. The van der Waals surface area contributed by atoms with Crippen molar-refractivity contribution in [1.29, 1.82) is 0 Å². The van der Waals surface area contributed by atoms with E-state index in [1.54, 1.807) is 6.92 Å². The van der Waals surface area contributed by atoms with Crippen molar-refractivity contribution in [2.75, 3.05) is 14.1 Å². The molecule has 0 aromatic heterocycles.